The predicted molar refractivity (Wildman–Crippen MR) is 120 cm³/mol. The zero-order chi connectivity index (χ0) is 22.1. The molecular weight excluding hydrogens is 396 g/mol. The molecule has 0 saturated carbocycles. The first-order valence-corrected chi connectivity index (χ1v) is 10.2. The summed E-state index contributed by atoms with van der Waals surface area (Å²) in [6.07, 6.45) is 3.28. The fourth-order valence-corrected chi connectivity index (χ4v) is 4.04. The molecule has 9 nitrogen and oxygen atoms in total. The molecule has 2 aromatic heterocycles. The molecule has 0 bridgehead atoms. The number of aryl methyl sites for hydroxylation is 1. The van der Waals surface area contributed by atoms with Gasteiger partial charge < -0.3 is 24.8 Å². The van der Waals surface area contributed by atoms with Crippen molar-refractivity contribution in [2.75, 3.05) is 30.4 Å². The van der Waals surface area contributed by atoms with E-state index in [-0.39, 0.29) is 17.5 Å². The minimum Gasteiger partial charge on any atom is -0.467 e. The van der Waals surface area contributed by atoms with Crippen molar-refractivity contribution < 1.29 is 9.53 Å². The lowest BCUT2D eigenvalue weighted by Crippen LogP contribution is -2.54. The predicted octanol–water partition coefficient (Wildman–Crippen LogP) is 1.78. The molecule has 9 heteroatoms. The van der Waals surface area contributed by atoms with Crippen LogP contribution in [0.15, 0.2) is 41.5 Å². The maximum atomic E-state index is 13.1. The summed E-state index contributed by atoms with van der Waals surface area (Å²) in [6, 6.07) is 7.58. The summed E-state index contributed by atoms with van der Waals surface area (Å²) in [5.74, 6) is -0.321. The van der Waals surface area contributed by atoms with E-state index in [9.17, 15) is 9.59 Å². The zero-order valence-corrected chi connectivity index (χ0v) is 18.0. The van der Waals surface area contributed by atoms with Gasteiger partial charge in [-0.05, 0) is 32.0 Å². The summed E-state index contributed by atoms with van der Waals surface area (Å²) in [5.41, 5.74) is 2.28. The van der Waals surface area contributed by atoms with Crippen molar-refractivity contribution in [1.82, 2.24) is 19.9 Å². The normalized spacial score (nSPS) is 18.8. The number of carbonyl (C=O) groups is 1. The highest BCUT2D eigenvalue weighted by Crippen LogP contribution is 2.30. The average molecular weight is 422 g/mol. The third-order valence-electron chi connectivity index (χ3n) is 5.37. The van der Waals surface area contributed by atoms with E-state index < -0.39 is 0 Å². The highest BCUT2D eigenvalue weighted by atomic mass is 16.5. The number of rotatable bonds is 4. The van der Waals surface area contributed by atoms with Gasteiger partial charge in [-0.2, -0.15) is 4.98 Å². The number of aromatic nitrogens is 3. The fraction of sp³-hybridized carbons (Fsp3) is 0.364. The van der Waals surface area contributed by atoms with E-state index in [1.54, 1.807) is 31.6 Å². The van der Waals surface area contributed by atoms with E-state index >= 15 is 0 Å². The molecule has 3 heterocycles. The lowest BCUT2D eigenvalue weighted by atomic mass is 10.0. The van der Waals surface area contributed by atoms with Gasteiger partial charge in [0.25, 0.3) is 5.91 Å². The molecule has 1 aliphatic rings. The number of hydrogen-bond acceptors (Lipinski definition) is 7. The minimum atomic E-state index is -0.321. The van der Waals surface area contributed by atoms with Crippen LogP contribution < -0.4 is 25.8 Å². The average Bonchev–Trinajstić information content (AvgIpc) is 2.74. The van der Waals surface area contributed by atoms with Crippen molar-refractivity contribution in [3.63, 3.8) is 0 Å². The standard InChI is InChI=1S/C22H26N6O3/c1-13-10-28(11-14(2)24-13)18-7-6-16(20-17(18)9-23-22(26-20)31-4)21(30)25-15-5-8-19(29)27(3)12-15/h5-9,12-14,24H,10-11H2,1-4H3,(H,25,30)/t13-,14+. The SMILES string of the molecule is COc1ncc2c(N3C[C@@H](C)N[C@@H](C)C3)ccc(C(=O)Nc3ccc(=O)n(C)c3)c2n1. The van der Waals surface area contributed by atoms with Gasteiger partial charge in [0.2, 0.25) is 5.56 Å². The molecule has 1 aromatic carbocycles. The molecule has 1 aliphatic heterocycles. The monoisotopic (exact) mass is 422 g/mol. The number of hydrogen-bond donors (Lipinski definition) is 2. The Kier molecular flexibility index (Phi) is 5.60. The van der Waals surface area contributed by atoms with Crippen LogP contribution >= 0.6 is 0 Å². The van der Waals surface area contributed by atoms with Crippen molar-refractivity contribution >= 4 is 28.2 Å². The Bertz CT molecular complexity index is 1180. The Morgan fingerprint density at radius 3 is 2.61 bits per heavy atom. The molecule has 3 aromatic rings. The van der Waals surface area contributed by atoms with E-state index in [0.717, 1.165) is 24.2 Å². The van der Waals surface area contributed by atoms with Crippen molar-refractivity contribution in [3.8, 4) is 6.01 Å². The molecule has 2 N–H and O–H groups in total. The topological polar surface area (TPSA) is 101 Å². The van der Waals surface area contributed by atoms with Crippen LogP contribution in [0.4, 0.5) is 11.4 Å². The third kappa shape index (κ3) is 4.22. The summed E-state index contributed by atoms with van der Waals surface area (Å²) in [4.78, 5) is 35.8. The Morgan fingerprint density at radius 2 is 1.94 bits per heavy atom. The van der Waals surface area contributed by atoms with E-state index in [2.05, 4.69) is 39.3 Å². The van der Waals surface area contributed by atoms with Gasteiger partial charge in [0, 0.05) is 61.8 Å². The fourth-order valence-electron chi connectivity index (χ4n) is 4.04. The van der Waals surface area contributed by atoms with Gasteiger partial charge in [0.05, 0.1) is 23.9 Å². The van der Waals surface area contributed by atoms with Gasteiger partial charge >= 0.3 is 6.01 Å². The molecule has 1 amide bonds. The quantitative estimate of drug-likeness (QED) is 0.661. The van der Waals surface area contributed by atoms with Gasteiger partial charge in [0.15, 0.2) is 0 Å². The van der Waals surface area contributed by atoms with E-state index in [1.807, 2.05) is 6.07 Å². The number of piperazine rings is 1. The zero-order valence-electron chi connectivity index (χ0n) is 18.0. The first-order chi connectivity index (χ1) is 14.9. The second-order valence-corrected chi connectivity index (χ2v) is 7.95. The van der Waals surface area contributed by atoms with Crippen molar-refractivity contribution in [2.24, 2.45) is 7.05 Å². The van der Waals surface area contributed by atoms with Gasteiger partial charge in [-0.3, -0.25) is 9.59 Å². The van der Waals surface area contributed by atoms with Gasteiger partial charge in [-0.1, -0.05) is 0 Å². The largest absolute Gasteiger partial charge is 0.467 e. The Balaban J connectivity index is 1.76. The van der Waals surface area contributed by atoms with Crippen LogP contribution in [0.25, 0.3) is 10.9 Å². The van der Waals surface area contributed by atoms with Gasteiger partial charge in [0.1, 0.15) is 0 Å². The van der Waals surface area contributed by atoms with Gasteiger partial charge in [-0.15, -0.1) is 0 Å². The third-order valence-corrected chi connectivity index (χ3v) is 5.37. The second kappa shape index (κ2) is 8.35. The number of nitrogens with zero attached hydrogens (tertiary/aromatic N) is 4. The summed E-state index contributed by atoms with van der Waals surface area (Å²) < 4.78 is 6.62. The molecule has 0 spiro atoms. The van der Waals surface area contributed by atoms with Gasteiger partial charge in [-0.25, -0.2) is 4.98 Å². The van der Waals surface area contributed by atoms with Crippen LogP contribution in [0.5, 0.6) is 6.01 Å². The van der Waals surface area contributed by atoms with E-state index in [1.165, 1.54) is 17.7 Å². The summed E-state index contributed by atoms with van der Waals surface area (Å²) in [6.45, 7) is 5.99. The molecule has 0 radical (unpaired) electrons. The second-order valence-electron chi connectivity index (χ2n) is 7.95. The highest BCUT2D eigenvalue weighted by molar-refractivity contribution is 6.13. The molecule has 2 atom stereocenters. The number of anilines is 2. The molecule has 4 rings (SSSR count). The molecule has 31 heavy (non-hydrogen) atoms. The maximum absolute atomic E-state index is 13.1. The highest BCUT2D eigenvalue weighted by Gasteiger charge is 2.24. The van der Waals surface area contributed by atoms with Crippen LogP contribution in [-0.4, -0.2) is 52.7 Å². The first kappa shape index (κ1) is 20.8. The first-order valence-electron chi connectivity index (χ1n) is 10.2. The number of carbonyl (C=O) groups excluding carboxylic acids is 1. The van der Waals surface area contributed by atoms with Crippen LogP contribution in [0, 0.1) is 0 Å². The lowest BCUT2D eigenvalue weighted by molar-refractivity contribution is 0.102. The van der Waals surface area contributed by atoms with Crippen molar-refractivity contribution in [2.45, 2.75) is 25.9 Å². The maximum Gasteiger partial charge on any atom is 0.316 e. The molecule has 162 valence electrons. The minimum absolute atomic E-state index is 0.148. The summed E-state index contributed by atoms with van der Waals surface area (Å²) in [5, 5.41) is 7.16. The molecule has 1 fully saturated rings. The lowest BCUT2D eigenvalue weighted by Gasteiger charge is -2.38. The van der Waals surface area contributed by atoms with Crippen molar-refractivity contribution in [3.05, 3.63) is 52.6 Å². The molecular formula is C22H26N6O3. The summed E-state index contributed by atoms with van der Waals surface area (Å²) >= 11 is 0. The van der Waals surface area contributed by atoms with Crippen LogP contribution in [0.2, 0.25) is 0 Å². The molecule has 1 saturated heterocycles. The van der Waals surface area contributed by atoms with Crippen LogP contribution in [-0.2, 0) is 7.05 Å². The smallest absolute Gasteiger partial charge is 0.316 e. The molecule has 0 unspecified atom stereocenters. The van der Waals surface area contributed by atoms with Crippen molar-refractivity contribution in [1.29, 1.82) is 0 Å². The Hall–Kier alpha value is -3.46. The number of pyridine rings is 1. The van der Waals surface area contributed by atoms with E-state index in [4.69, 9.17) is 4.74 Å². The number of methoxy groups -OCH3 is 1. The number of benzene rings is 1. The van der Waals surface area contributed by atoms with Crippen LogP contribution in [0.3, 0.4) is 0 Å². The number of ether oxygens (including phenoxy) is 1. The molecule has 0 aliphatic carbocycles. The van der Waals surface area contributed by atoms with E-state index in [0.29, 0.717) is 28.9 Å². The number of amides is 1. The number of fused-ring (bicyclic) bond motifs is 1. The summed E-state index contributed by atoms with van der Waals surface area (Å²) in [7, 11) is 3.13. The Morgan fingerprint density at radius 1 is 1.19 bits per heavy atom. The van der Waals surface area contributed by atoms with Crippen LogP contribution in [0.1, 0.15) is 24.2 Å². The Labute approximate surface area is 180 Å². The number of nitrogens with one attached hydrogen (secondary N) is 2.